The minimum absolute atomic E-state index is 0.188. The highest BCUT2D eigenvalue weighted by Gasteiger charge is 2.26. The highest BCUT2D eigenvalue weighted by Crippen LogP contribution is 2.37. The van der Waals surface area contributed by atoms with Crippen molar-refractivity contribution in [1.29, 1.82) is 0 Å². The van der Waals surface area contributed by atoms with Crippen LogP contribution in [0.5, 0.6) is 5.75 Å². The lowest BCUT2D eigenvalue weighted by atomic mass is 9.97. The Morgan fingerprint density at radius 1 is 0.947 bits per heavy atom. The van der Waals surface area contributed by atoms with Crippen molar-refractivity contribution in [3.05, 3.63) is 65.9 Å². The van der Waals surface area contributed by atoms with E-state index in [0.717, 1.165) is 22.3 Å². The van der Waals surface area contributed by atoms with Crippen LogP contribution in [0.4, 0.5) is 0 Å². The van der Waals surface area contributed by atoms with Gasteiger partial charge in [0.15, 0.2) is 0 Å². The molecule has 92 valence electrons. The summed E-state index contributed by atoms with van der Waals surface area (Å²) < 4.78 is 5.71. The number of hydrogen-bond donors (Lipinski definition) is 0. The molecule has 3 heteroatoms. The lowest BCUT2D eigenvalue weighted by Crippen LogP contribution is -2.06. The van der Waals surface area contributed by atoms with Gasteiger partial charge in [-0.15, -0.1) is 0 Å². The maximum atomic E-state index is 5.71. The topological polar surface area (TPSA) is 35.0 Å². The molecule has 3 nitrogen and oxygen atoms in total. The Kier molecular flexibility index (Phi) is 2.24. The molecule has 0 aliphatic carbocycles. The highest BCUT2D eigenvalue weighted by atomic mass is 16.5. The summed E-state index contributed by atoms with van der Waals surface area (Å²) in [5.41, 5.74) is 3.11. The van der Waals surface area contributed by atoms with Crippen molar-refractivity contribution in [1.82, 2.24) is 10.2 Å². The number of ether oxygens (including phenoxy) is 1. The first-order valence-electron chi connectivity index (χ1n) is 6.36. The van der Waals surface area contributed by atoms with Crippen LogP contribution in [0.15, 0.2) is 54.6 Å². The van der Waals surface area contributed by atoms with E-state index in [2.05, 4.69) is 28.4 Å². The van der Waals surface area contributed by atoms with E-state index in [1.165, 1.54) is 5.56 Å². The first-order valence-corrected chi connectivity index (χ1v) is 6.36. The van der Waals surface area contributed by atoms with Gasteiger partial charge in [-0.25, -0.2) is 0 Å². The van der Waals surface area contributed by atoms with E-state index in [1.54, 1.807) is 0 Å². The summed E-state index contributed by atoms with van der Waals surface area (Å²) >= 11 is 0. The third kappa shape index (κ3) is 1.66. The number of benzene rings is 2. The molecule has 0 saturated heterocycles. The van der Waals surface area contributed by atoms with Gasteiger partial charge in [-0.2, -0.15) is 10.2 Å². The third-order valence-electron chi connectivity index (χ3n) is 3.57. The quantitative estimate of drug-likeness (QED) is 0.663. The van der Waals surface area contributed by atoms with Gasteiger partial charge in [0.2, 0.25) is 0 Å². The molecule has 0 radical (unpaired) electrons. The molecule has 4 rings (SSSR count). The van der Waals surface area contributed by atoms with E-state index < -0.39 is 0 Å². The van der Waals surface area contributed by atoms with Crippen molar-refractivity contribution in [3.63, 3.8) is 0 Å². The van der Waals surface area contributed by atoms with Gasteiger partial charge in [0.25, 0.3) is 0 Å². The summed E-state index contributed by atoms with van der Waals surface area (Å²) in [4.78, 5) is 0. The average Bonchev–Trinajstić information content (AvgIpc) is 2.91. The Hall–Kier alpha value is -2.42. The maximum absolute atomic E-state index is 5.71. The lowest BCUT2D eigenvalue weighted by molar-refractivity contribution is 0.341. The molecular weight excluding hydrogens is 236 g/mol. The number of nitrogens with zero attached hydrogens (tertiary/aromatic N) is 2. The number of rotatable bonds is 1. The Labute approximate surface area is 110 Å². The summed E-state index contributed by atoms with van der Waals surface area (Å²) in [5, 5.41) is 9.77. The fourth-order valence-corrected chi connectivity index (χ4v) is 2.58. The Morgan fingerprint density at radius 3 is 2.79 bits per heavy atom. The van der Waals surface area contributed by atoms with Crippen LogP contribution in [-0.4, -0.2) is 16.8 Å². The predicted octanol–water partition coefficient (Wildman–Crippen LogP) is 3.15. The summed E-state index contributed by atoms with van der Waals surface area (Å²) in [6.45, 7) is 0.645. The second-order valence-electron chi connectivity index (χ2n) is 4.73. The van der Waals surface area contributed by atoms with E-state index in [0.29, 0.717) is 6.61 Å². The molecule has 0 bridgehead atoms. The van der Waals surface area contributed by atoms with Crippen molar-refractivity contribution in [2.24, 2.45) is 0 Å². The van der Waals surface area contributed by atoms with Crippen LogP contribution >= 0.6 is 0 Å². The second kappa shape index (κ2) is 4.05. The standard InChI is InChI=1S/C16H12N2O/c1-3-7-14-11(5-1)9-15(18-17-14)13-10-19-16-8-4-2-6-12(13)16/h1-9,13H,10H2. The first kappa shape index (κ1) is 10.5. The SMILES string of the molecule is c1ccc2c(c1)OCC2c1cc2ccccc2nn1. The Morgan fingerprint density at radius 2 is 1.79 bits per heavy atom. The van der Waals surface area contributed by atoms with Crippen molar-refractivity contribution in [3.8, 4) is 5.75 Å². The van der Waals surface area contributed by atoms with E-state index in [1.807, 2.05) is 36.4 Å². The Balaban J connectivity index is 1.83. The molecule has 0 spiro atoms. The molecule has 1 atom stereocenters. The molecular formula is C16H12N2O. The number of para-hydroxylation sites is 1. The fraction of sp³-hybridized carbons (Fsp3) is 0.125. The van der Waals surface area contributed by atoms with Crippen LogP contribution in [-0.2, 0) is 0 Å². The van der Waals surface area contributed by atoms with Gasteiger partial charge in [-0.05, 0) is 18.2 Å². The monoisotopic (exact) mass is 248 g/mol. The summed E-state index contributed by atoms with van der Waals surface area (Å²) in [5.74, 6) is 1.15. The summed E-state index contributed by atoms with van der Waals surface area (Å²) in [7, 11) is 0. The normalized spacial score (nSPS) is 17.2. The molecule has 2 heterocycles. The molecule has 1 aliphatic heterocycles. The van der Waals surface area contributed by atoms with Gasteiger partial charge in [-0.3, -0.25) is 0 Å². The van der Waals surface area contributed by atoms with E-state index in [9.17, 15) is 0 Å². The van der Waals surface area contributed by atoms with Crippen LogP contribution < -0.4 is 4.74 Å². The van der Waals surface area contributed by atoms with E-state index in [-0.39, 0.29) is 5.92 Å². The van der Waals surface area contributed by atoms with Gasteiger partial charge in [0, 0.05) is 10.9 Å². The predicted molar refractivity (Wildman–Crippen MR) is 73.3 cm³/mol. The highest BCUT2D eigenvalue weighted by molar-refractivity contribution is 5.78. The molecule has 19 heavy (non-hydrogen) atoms. The van der Waals surface area contributed by atoms with Gasteiger partial charge < -0.3 is 4.74 Å². The average molecular weight is 248 g/mol. The molecule has 1 unspecified atom stereocenters. The van der Waals surface area contributed by atoms with Crippen LogP contribution in [0.25, 0.3) is 10.9 Å². The second-order valence-corrected chi connectivity index (χ2v) is 4.73. The van der Waals surface area contributed by atoms with Gasteiger partial charge in [-0.1, -0.05) is 36.4 Å². The Bertz CT molecular complexity index is 754. The molecule has 0 amide bonds. The third-order valence-corrected chi connectivity index (χ3v) is 3.57. The minimum Gasteiger partial charge on any atom is -0.492 e. The molecule has 2 aromatic carbocycles. The number of aromatic nitrogens is 2. The fourth-order valence-electron chi connectivity index (χ4n) is 2.58. The van der Waals surface area contributed by atoms with Crippen molar-refractivity contribution < 1.29 is 4.74 Å². The summed E-state index contributed by atoms with van der Waals surface area (Å²) in [6, 6.07) is 18.3. The van der Waals surface area contributed by atoms with Crippen LogP contribution in [0, 0.1) is 0 Å². The van der Waals surface area contributed by atoms with Crippen molar-refractivity contribution in [2.45, 2.75) is 5.92 Å². The lowest BCUT2D eigenvalue weighted by Gasteiger charge is -2.08. The van der Waals surface area contributed by atoms with E-state index >= 15 is 0 Å². The smallest absolute Gasteiger partial charge is 0.123 e. The minimum atomic E-state index is 0.188. The van der Waals surface area contributed by atoms with Crippen molar-refractivity contribution >= 4 is 10.9 Å². The molecule has 1 aromatic heterocycles. The molecule has 0 saturated carbocycles. The molecule has 0 N–H and O–H groups in total. The molecule has 0 fully saturated rings. The first-order chi connectivity index (χ1) is 9.42. The van der Waals surface area contributed by atoms with Gasteiger partial charge in [0.1, 0.15) is 12.4 Å². The van der Waals surface area contributed by atoms with Gasteiger partial charge >= 0.3 is 0 Å². The van der Waals surface area contributed by atoms with Crippen LogP contribution in [0.1, 0.15) is 17.2 Å². The zero-order valence-corrected chi connectivity index (χ0v) is 10.3. The largest absolute Gasteiger partial charge is 0.492 e. The number of hydrogen-bond acceptors (Lipinski definition) is 3. The van der Waals surface area contributed by atoms with E-state index in [4.69, 9.17) is 4.74 Å². The summed E-state index contributed by atoms with van der Waals surface area (Å²) in [6.07, 6.45) is 0. The zero-order valence-electron chi connectivity index (χ0n) is 10.3. The maximum Gasteiger partial charge on any atom is 0.123 e. The number of fused-ring (bicyclic) bond motifs is 2. The van der Waals surface area contributed by atoms with Gasteiger partial charge in [0.05, 0.1) is 17.1 Å². The van der Waals surface area contributed by atoms with Crippen LogP contribution in [0.2, 0.25) is 0 Å². The zero-order chi connectivity index (χ0) is 12.7. The van der Waals surface area contributed by atoms with Crippen LogP contribution in [0.3, 0.4) is 0 Å². The molecule has 3 aromatic rings. The molecule has 1 aliphatic rings. The van der Waals surface area contributed by atoms with Crippen molar-refractivity contribution in [2.75, 3.05) is 6.61 Å².